The Labute approximate surface area is 121 Å². The van der Waals surface area contributed by atoms with Crippen LogP contribution in [-0.2, 0) is 10.2 Å². The molecular formula is C17H25NO2. The quantitative estimate of drug-likeness (QED) is 0.847. The van der Waals surface area contributed by atoms with Crippen molar-refractivity contribution in [2.45, 2.75) is 45.1 Å². The summed E-state index contributed by atoms with van der Waals surface area (Å²) in [6.07, 6.45) is 2.37. The number of carbonyl (C=O) groups is 1. The minimum atomic E-state index is 0.0703. The van der Waals surface area contributed by atoms with E-state index in [-0.39, 0.29) is 17.4 Å². The highest BCUT2D eigenvalue weighted by Gasteiger charge is 2.21. The zero-order valence-corrected chi connectivity index (χ0v) is 13.0. The summed E-state index contributed by atoms with van der Waals surface area (Å²) in [5, 5.41) is 0. The smallest absolute Gasteiger partial charge is 0.253 e. The standard InChI is InChI=1S/C17H25NO2/c1-17(2,3)14-9-7-13(8-10-14)16(19)18(4)12-15-6-5-11-20-15/h7-10,15H,5-6,11-12H2,1-4H3. The highest BCUT2D eigenvalue weighted by atomic mass is 16.5. The van der Waals surface area contributed by atoms with Gasteiger partial charge >= 0.3 is 0 Å². The van der Waals surface area contributed by atoms with Gasteiger partial charge in [-0.15, -0.1) is 0 Å². The van der Waals surface area contributed by atoms with Crippen molar-refractivity contribution >= 4 is 5.91 Å². The average Bonchev–Trinajstić information content (AvgIpc) is 2.90. The number of hydrogen-bond donors (Lipinski definition) is 0. The van der Waals surface area contributed by atoms with Crippen LogP contribution in [0.2, 0.25) is 0 Å². The van der Waals surface area contributed by atoms with Crippen LogP contribution < -0.4 is 0 Å². The SMILES string of the molecule is CN(CC1CCCO1)C(=O)c1ccc(C(C)(C)C)cc1. The molecule has 3 nitrogen and oxygen atoms in total. The summed E-state index contributed by atoms with van der Waals surface area (Å²) < 4.78 is 5.58. The molecular weight excluding hydrogens is 250 g/mol. The van der Waals surface area contributed by atoms with Crippen molar-refractivity contribution in [3.8, 4) is 0 Å². The Morgan fingerprint density at radius 1 is 1.30 bits per heavy atom. The van der Waals surface area contributed by atoms with Crippen LogP contribution in [0.3, 0.4) is 0 Å². The van der Waals surface area contributed by atoms with Crippen LogP contribution in [0.15, 0.2) is 24.3 Å². The maximum Gasteiger partial charge on any atom is 0.253 e. The Kier molecular flexibility index (Phi) is 4.48. The third-order valence-corrected chi connectivity index (χ3v) is 3.85. The second-order valence-corrected chi connectivity index (χ2v) is 6.65. The van der Waals surface area contributed by atoms with E-state index in [0.29, 0.717) is 6.54 Å². The Bertz CT molecular complexity index is 453. The van der Waals surface area contributed by atoms with Gasteiger partial charge in [-0.1, -0.05) is 32.9 Å². The molecule has 1 aromatic rings. The number of likely N-dealkylation sites (N-methyl/N-ethyl adjacent to an activating group) is 1. The van der Waals surface area contributed by atoms with Gasteiger partial charge in [0.25, 0.3) is 5.91 Å². The second kappa shape index (κ2) is 5.96. The first kappa shape index (κ1) is 15.0. The van der Waals surface area contributed by atoms with Gasteiger partial charge in [-0.05, 0) is 36.0 Å². The molecule has 1 atom stereocenters. The number of amides is 1. The molecule has 1 aliphatic heterocycles. The van der Waals surface area contributed by atoms with E-state index in [0.717, 1.165) is 25.0 Å². The van der Waals surface area contributed by atoms with E-state index in [9.17, 15) is 4.79 Å². The fourth-order valence-corrected chi connectivity index (χ4v) is 2.51. The third kappa shape index (κ3) is 3.60. The zero-order chi connectivity index (χ0) is 14.8. The number of ether oxygens (including phenoxy) is 1. The molecule has 0 spiro atoms. The largest absolute Gasteiger partial charge is 0.376 e. The van der Waals surface area contributed by atoms with E-state index < -0.39 is 0 Å². The molecule has 20 heavy (non-hydrogen) atoms. The molecule has 0 radical (unpaired) electrons. The van der Waals surface area contributed by atoms with Crippen molar-refractivity contribution in [1.82, 2.24) is 4.90 Å². The lowest BCUT2D eigenvalue weighted by Gasteiger charge is -2.22. The van der Waals surface area contributed by atoms with Crippen molar-refractivity contribution in [1.29, 1.82) is 0 Å². The van der Waals surface area contributed by atoms with Gasteiger partial charge in [0.2, 0.25) is 0 Å². The predicted octanol–water partition coefficient (Wildman–Crippen LogP) is 3.24. The van der Waals surface area contributed by atoms with Crippen LogP contribution in [-0.4, -0.2) is 37.1 Å². The molecule has 2 rings (SSSR count). The van der Waals surface area contributed by atoms with E-state index in [4.69, 9.17) is 4.74 Å². The van der Waals surface area contributed by atoms with E-state index >= 15 is 0 Å². The van der Waals surface area contributed by atoms with Crippen molar-refractivity contribution < 1.29 is 9.53 Å². The summed E-state index contributed by atoms with van der Waals surface area (Å²) in [4.78, 5) is 14.1. The van der Waals surface area contributed by atoms with Gasteiger partial charge in [-0.25, -0.2) is 0 Å². The van der Waals surface area contributed by atoms with Crippen LogP contribution in [0.4, 0.5) is 0 Å². The van der Waals surface area contributed by atoms with E-state index in [2.05, 4.69) is 20.8 Å². The van der Waals surface area contributed by atoms with Gasteiger partial charge < -0.3 is 9.64 Å². The topological polar surface area (TPSA) is 29.5 Å². The van der Waals surface area contributed by atoms with Gasteiger partial charge in [0.15, 0.2) is 0 Å². The van der Waals surface area contributed by atoms with E-state index in [1.54, 1.807) is 4.90 Å². The molecule has 1 aromatic carbocycles. The van der Waals surface area contributed by atoms with Crippen molar-refractivity contribution in [2.75, 3.05) is 20.2 Å². The molecule has 1 unspecified atom stereocenters. The highest BCUT2D eigenvalue weighted by Crippen LogP contribution is 2.22. The lowest BCUT2D eigenvalue weighted by atomic mass is 9.86. The van der Waals surface area contributed by atoms with Crippen molar-refractivity contribution in [3.63, 3.8) is 0 Å². The van der Waals surface area contributed by atoms with Crippen LogP contribution in [0, 0.1) is 0 Å². The van der Waals surface area contributed by atoms with Gasteiger partial charge in [0.1, 0.15) is 0 Å². The molecule has 110 valence electrons. The monoisotopic (exact) mass is 275 g/mol. The van der Waals surface area contributed by atoms with Gasteiger partial charge in [0.05, 0.1) is 6.10 Å². The molecule has 1 amide bonds. The molecule has 0 aromatic heterocycles. The van der Waals surface area contributed by atoms with E-state index in [1.165, 1.54) is 5.56 Å². The second-order valence-electron chi connectivity index (χ2n) is 6.65. The Balaban J connectivity index is 2.01. The number of benzene rings is 1. The highest BCUT2D eigenvalue weighted by molar-refractivity contribution is 5.94. The summed E-state index contributed by atoms with van der Waals surface area (Å²) in [7, 11) is 1.85. The summed E-state index contributed by atoms with van der Waals surface area (Å²) >= 11 is 0. The van der Waals surface area contributed by atoms with Crippen molar-refractivity contribution in [2.24, 2.45) is 0 Å². The average molecular weight is 275 g/mol. The summed E-state index contributed by atoms with van der Waals surface area (Å²) in [6.45, 7) is 8.03. The van der Waals surface area contributed by atoms with Crippen LogP contribution in [0.5, 0.6) is 0 Å². The number of rotatable bonds is 3. The Morgan fingerprint density at radius 2 is 1.95 bits per heavy atom. The summed E-state index contributed by atoms with van der Waals surface area (Å²) in [5.74, 6) is 0.0703. The van der Waals surface area contributed by atoms with Crippen LogP contribution in [0.25, 0.3) is 0 Å². The fourth-order valence-electron chi connectivity index (χ4n) is 2.51. The first-order chi connectivity index (χ1) is 9.38. The molecule has 1 saturated heterocycles. The van der Waals surface area contributed by atoms with Crippen LogP contribution in [0.1, 0.15) is 49.5 Å². The predicted molar refractivity (Wildman–Crippen MR) is 81.1 cm³/mol. The molecule has 1 fully saturated rings. The normalized spacial score (nSPS) is 19.1. The maximum atomic E-state index is 12.4. The Morgan fingerprint density at radius 3 is 2.45 bits per heavy atom. The Hall–Kier alpha value is -1.35. The number of hydrogen-bond acceptors (Lipinski definition) is 2. The summed E-state index contributed by atoms with van der Waals surface area (Å²) in [6, 6.07) is 7.95. The molecule has 1 aliphatic rings. The molecule has 0 saturated carbocycles. The number of nitrogens with zero attached hydrogens (tertiary/aromatic N) is 1. The molecule has 3 heteroatoms. The van der Waals surface area contributed by atoms with Gasteiger partial charge in [-0.3, -0.25) is 4.79 Å². The third-order valence-electron chi connectivity index (χ3n) is 3.85. The summed E-state index contributed by atoms with van der Waals surface area (Å²) in [5.41, 5.74) is 2.11. The molecule has 0 N–H and O–H groups in total. The molecule has 0 aliphatic carbocycles. The number of carbonyl (C=O) groups excluding carboxylic acids is 1. The van der Waals surface area contributed by atoms with Gasteiger partial charge in [-0.2, -0.15) is 0 Å². The zero-order valence-electron chi connectivity index (χ0n) is 13.0. The van der Waals surface area contributed by atoms with Crippen molar-refractivity contribution in [3.05, 3.63) is 35.4 Å². The fraction of sp³-hybridized carbons (Fsp3) is 0.588. The van der Waals surface area contributed by atoms with Gasteiger partial charge in [0, 0.05) is 25.8 Å². The molecule has 1 heterocycles. The van der Waals surface area contributed by atoms with Crippen LogP contribution >= 0.6 is 0 Å². The maximum absolute atomic E-state index is 12.4. The van der Waals surface area contributed by atoms with E-state index in [1.807, 2.05) is 31.3 Å². The lowest BCUT2D eigenvalue weighted by molar-refractivity contribution is 0.0587. The lowest BCUT2D eigenvalue weighted by Crippen LogP contribution is -2.34. The molecule has 0 bridgehead atoms. The first-order valence-electron chi connectivity index (χ1n) is 7.35. The minimum absolute atomic E-state index is 0.0703. The minimum Gasteiger partial charge on any atom is -0.376 e. The first-order valence-corrected chi connectivity index (χ1v) is 7.35.